The van der Waals surface area contributed by atoms with Crippen molar-refractivity contribution in [2.75, 3.05) is 30.4 Å². The highest BCUT2D eigenvalue weighted by Gasteiger charge is 2.47. The highest BCUT2D eigenvalue weighted by molar-refractivity contribution is 6.00. The predicted molar refractivity (Wildman–Crippen MR) is 91.3 cm³/mol. The Morgan fingerprint density at radius 1 is 1.33 bits per heavy atom. The van der Waals surface area contributed by atoms with Crippen LogP contribution in [0.15, 0.2) is 24.3 Å². The summed E-state index contributed by atoms with van der Waals surface area (Å²) in [5.74, 6) is -0.330. The molecule has 0 aliphatic carbocycles. The smallest absolute Gasteiger partial charge is 0.325 e. The summed E-state index contributed by atoms with van der Waals surface area (Å²) in [5, 5.41) is 3.17. The molecule has 2 aliphatic heterocycles. The largest absolute Gasteiger partial charge is 0.459 e. The second kappa shape index (κ2) is 6.07. The minimum Gasteiger partial charge on any atom is -0.459 e. The zero-order chi connectivity index (χ0) is 17.5. The molecule has 3 N–H and O–H groups in total. The third-order valence-electron chi connectivity index (χ3n) is 4.19. The predicted octanol–water partition coefficient (Wildman–Crippen LogP) is 0.557. The van der Waals surface area contributed by atoms with Gasteiger partial charge in [0, 0.05) is 24.5 Å². The van der Waals surface area contributed by atoms with Gasteiger partial charge in [-0.2, -0.15) is 0 Å². The monoisotopic (exact) mass is 332 g/mol. The van der Waals surface area contributed by atoms with Gasteiger partial charge in [-0.1, -0.05) is 6.07 Å². The zero-order valence-corrected chi connectivity index (χ0v) is 14.3. The molecule has 1 amide bonds. The number of carbonyl (C=O) groups excluding carboxylic acids is 2. The quantitative estimate of drug-likeness (QED) is 0.608. The topological polar surface area (TPSA) is 87.9 Å². The maximum atomic E-state index is 12.8. The van der Waals surface area contributed by atoms with Crippen LogP contribution in [0.5, 0.6) is 0 Å². The van der Waals surface area contributed by atoms with Gasteiger partial charge in [0.05, 0.1) is 6.67 Å². The van der Waals surface area contributed by atoms with Crippen LogP contribution in [0.1, 0.15) is 20.8 Å². The maximum Gasteiger partial charge on any atom is 0.325 e. The van der Waals surface area contributed by atoms with E-state index >= 15 is 0 Å². The zero-order valence-electron chi connectivity index (χ0n) is 14.3. The highest BCUT2D eigenvalue weighted by atomic mass is 16.6. The number of anilines is 2. The summed E-state index contributed by atoms with van der Waals surface area (Å²) in [6, 6.07) is 6.38. The lowest BCUT2D eigenvalue weighted by Gasteiger charge is -2.35. The molecular formula is C17H24N4O3. The van der Waals surface area contributed by atoms with Crippen LogP contribution in [0.2, 0.25) is 0 Å². The van der Waals surface area contributed by atoms with Gasteiger partial charge in [-0.05, 0) is 39.0 Å². The molecule has 2 saturated heterocycles. The van der Waals surface area contributed by atoms with Crippen molar-refractivity contribution in [3.63, 3.8) is 0 Å². The highest BCUT2D eigenvalue weighted by Crippen LogP contribution is 2.28. The van der Waals surface area contributed by atoms with Gasteiger partial charge in [-0.15, -0.1) is 0 Å². The molecule has 0 radical (unpaired) electrons. The van der Waals surface area contributed by atoms with E-state index in [1.807, 2.05) is 37.8 Å². The van der Waals surface area contributed by atoms with Crippen molar-refractivity contribution < 1.29 is 14.3 Å². The second-order valence-corrected chi connectivity index (χ2v) is 7.24. The molecule has 1 aromatic rings. The van der Waals surface area contributed by atoms with Crippen LogP contribution >= 0.6 is 0 Å². The minimum atomic E-state index is -0.554. The van der Waals surface area contributed by atoms with Crippen LogP contribution < -0.4 is 16.0 Å². The van der Waals surface area contributed by atoms with E-state index < -0.39 is 11.6 Å². The average molecular weight is 332 g/mol. The molecule has 2 atom stereocenters. The average Bonchev–Trinajstić information content (AvgIpc) is 2.83. The molecule has 7 heteroatoms. The van der Waals surface area contributed by atoms with Crippen molar-refractivity contribution in [3.8, 4) is 0 Å². The van der Waals surface area contributed by atoms with E-state index in [0.29, 0.717) is 25.4 Å². The first-order valence-electron chi connectivity index (χ1n) is 8.12. The van der Waals surface area contributed by atoms with Crippen LogP contribution in [0.3, 0.4) is 0 Å². The number of nitrogens with one attached hydrogen (secondary N) is 1. The van der Waals surface area contributed by atoms with E-state index in [0.717, 1.165) is 5.69 Å². The van der Waals surface area contributed by atoms with E-state index in [1.54, 1.807) is 17.0 Å². The number of ether oxygens (including phenoxy) is 1. The van der Waals surface area contributed by atoms with E-state index in [4.69, 9.17) is 10.5 Å². The van der Waals surface area contributed by atoms with Crippen LogP contribution in [-0.2, 0) is 14.3 Å². The lowest BCUT2D eigenvalue weighted by atomic mass is 10.1. The summed E-state index contributed by atoms with van der Waals surface area (Å²) in [5.41, 5.74) is 6.62. The molecule has 0 saturated carbocycles. The standard InChI is InChI=1S/C17H24N4O3/c1-17(2,3)24-16(23)14-9-19-8-13-15(22)20(10-21(13)14)12-6-4-5-11(18)7-12/h4-7,13-14,19H,8-10,18H2,1-3H3. The van der Waals surface area contributed by atoms with E-state index in [1.165, 1.54) is 0 Å². The summed E-state index contributed by atoms with van der Waals surface area (Å²) in [4.78, 5) is 28.8. The Morgan fingerprint density at radius 3 is 2.75 bits per heavy atom. The molecular weight excluding hydrogens is 308 g/mol. The fourth-order valence-electron chi connectivity index (χ4n) is 3.14. The SMILES string of the molecule is CC(C)(C)OC(=O)C1CNCC2C(=O)N(c3cccc(N)c3)CN12. The van der Waals surface area contributed by atoms with Gasteiger partial charge in [0.2, 0.25) is 5.91 Å². The molecule has 0 bridgehead atoms. The summed E-state index contributed by atoms with van der Waals surface area (Å²) in [6.07, 6.45) is 0. The molecule has 130 valence electrons. The molecule has 0 spiro atoms. The van der Waals surface area contributed by atoms with Gasteiger partial charge in [0.15, 0.2) is 0 Å². The second-order valence-electron chi connectivity index (χ2n) is 7.24. The number of fused-ring (bicyclic) bond motifs is 1. The number of esters is 1. The number of hydrogen-bond donors (Lipinski definition) is 2. The first kappa shape index (κ1) is 16.7. The molecule has 24 heavy (non-hydrogen) atoms. The fraction of sp³-hybridized carbons (Fsp3) is 0.529. The van der Waals surface area contributed by atoms with Crippen LogP contribution in [0.25, 0.3) is 0 Å². The van der Waals surface area contributed by atoms with Crippen molar-refractivity contribution in [1.29, 1.82) is 0 Å². The number of amides is 1. The molecule has 3 rings (SSSR count). The number of piperazine rings is 1. The van der Waals surface area contributed by atoms with Gasteiger partial charge in [0.1, 0.15) is 17.7 Å². The summed E-state index contributed by atoms with van der Waals surface area (Å²) in [7, 11) is 0. The Morgan fingerprint density at radius 2 is 2.08 bits per heavy atom. The molecule has 2 aliphatic rings. The van der Waals surface area contributed by atoms with Crippen LogP contribution in [0, 0.1) is 0 Å². The first-order chi connectivity index (χ1) is 11.3. The van der Waals surface area contributed by atoms with Crippen molar-refractivity contribution in [2.45, 2.75) is 38.5 Å². The molecule has 2 heterocycles. The lowest BCUT2D eigenvalue weighted by molar-refractivity contribution is -0.162. The number of nitrogens with zero attached hydrogens (tertiary/aromatic N) is 2. The number of rotatable bonds is 2. The Bertz CT molecular complexity index is 655. The number of hydrogen-bond acceptors (Lipinski definition) is 6. The van der Waals surface area contributed by atoms with Crippen molar-refractivity contribution >= 4 is 23.3 Å². The summed E-state index contributed by atoms with van der Waals surface area (Å²) in [6.45, 7) is 6.88. The Labute approximate surface area is 141 Å². The Balaban J connectivity index is 1.82. The number of carbonyl (C=O) groups is 2. The molecule has 2 fully saturated rings. The summed E-state index contributed by atoms with van der Waals surface area (Å²) >= 11 is 0. The van der Waals surface area contributed by atoms with E-state index in [2.05, 4.69) is 5.32 Å². The Kier molecular flexibility index (Phi) is 4.23. The van der Waals surface area contributed by atoms with Crippen LogP contribution in [0.4, 0.5) is 11.4 Å². The normalized spacial score (nSPS) is 24.8. The van der Waals surface area contributed by atoms with Crippen molar-refractivity contribution in [1.82, 2.24) is 10.2 Å². The first-order valence-corrected chi connectivity index (χ1v) is 8.12. The van der Waals surface area contributed by atoms with Crippen molar-refractivity contribution in [2.24, 2.45) is 0 Å². The maximum absolute atomic E-state index is 12.8. The Hall–Kier alpha value is -2.12. The lowest BCUT2D eigenvalue weighted by Crippen LogP contribution is -2.60. The van der Waals surface area contributed by atoms with Gasteiger partial charge < -0.3 is 15.8 Å². The van der Waals surface area contributed by atoms with Crippen LogP contribution in [-0.4, -0.2) is 54.2 Å². The molecule has 1 aromatic carbocycles. The van der Waals surface area contributed by atoms with E-state index in [9.17, 15) is 9.59 Å². The molecule has 0 aromatic heterocycles. The third kappa shape index (κ3) is 3.22. The van der Waals surface area contributed by atoms with Gasteiger partial charge >= 0.3 is 5.97 Å². The number of nitrogens with two attached hydrogens (primary N) is 1. The van der Waals surface area contributed by atoms with Crippen molar-refractivity contribution in [3.05, 3.63) is 24.3 Å². The third-order valence-corrected chi connectivity index (χ3v) is 4.19. The fourth-order valence-corrected chi connectivity index (χ4v) is 3.14. The molecule has 2 unspecified atom stereocenters. The van der Waals surface area contributed by atoms with Gasteiger partial charge in [-0.3, -0.25) is 19.4 Å². The summed E-state index contributed by atoms with van der Waals surface area (Å²) < 4.78 is 5.51. The van der Waals surface area contributed by atoms with E-state index in [-0.39, 0.29) is 17.9 Å². The number of nitrogen functional groups attached to an aromatic ring is 1. The number of benzene rings is 1. The molecule has 7 nitrogen and oxygen atoms in total. The van der Waals surface area contributed by atoms with Gasteiger partial charge in [-0.25, -0.2) is 0 Å². The minimum absolute atomic E-state index is 0.0265. The van der Waals surface area contributed by atoms with Gasteiger partial charge in [0.25, 0.3) is 0 Å².